The molecule has 1 aromatic carbocycles. The van der Waals surface area contributed by atoms with Gasteiger partial charge in [0.15, 0.2) is 0 Å². The molecule has 0 aliphatic heterocycles. The maximum Gasteiger partial charge on any atom is 0.337 e. The number of carbonyl (C=O) groups is 1. The van der Waals surface area contributed by atoms with Crippen LogP contribution in [0.15, 0.2) is 36.5 Å². The average molecular weight is 267 g/mol. The van der Waals surface area contributed by atoms with Gasteiger partial charge in [0.05, 0.1) is 11.3 Å². The first-order chi connectivity index (χ1) is 8.56. The molecule has 2 N–H and O–H groups in total. The van der Waals surface area contributed by atoms with Gasteiger partial charge in [-0.2, -0.15) is 0 Å². The van der Waals surface area contributed by atoms with E-state index in [1.807, 2.05) is 0 Å². The molecule has 0 unspecified atom stereocenters. The van der Waals surface area contributed by atoms with Gasteiger partial charge in [0.2, 0.25) is 0 Å². The number of carboxylic acid groups (broad SMARTS) is 1. The Kier molecular flexibility index (Phi) is 3.43. The molecule has 18 heavy (non-hydrogen) atoms. The first-order valence-corrected chi connectivity index (χ1v) is 5.35. The van der Waals surface area contributed by atoms with E-state index >= 15 is 0 Å². The Morgan fingerprint density at radius 2 is 2.11 bits per heavy atom. The fraction of sp³-hybridized carbons (Fsp3) is 0. The summed E-state index contributed by atoms with van der Waals surface area (Å²) >= 11 is 5.75. The molecule has 0 aliphatic rings. The lowest BCUT2D eigenvalue weighted by Gasteiger charge is -2.07. The standard InChI is InChI=1S/C12H8ClFN2O2/c13-8-2-3-9(14)10(5-8)16-11-4-1-7(6-15-11)12(17)18/h1-6H,(H,15,16)(H,17,18). The number of nitrogens with one attached hydrogen (secondary N) is 1. The number of nitrogens with zero attached hydrogens (tertiary/aromatic N) is 1. The maximum atomic E-state index is 13.4. The summed E-state index contributed by atoms with van der Waals surface area (Å²) in [5, 5.41) is 11.8. The van der Waals surface area contributed by atoms with Gasteiger partial charge in [-0.05, 0) is 30.3 Å². The molecular formula is C12H8ClFN2O2. The van der Waals surface area contributed by atoms with Crippen LogP contribution in [-0.4, -0.2) is 16.1 Å². The topological polar surface area (TPSA) is 62.2 Å². The minimum absolute atomic E-state index is 0.0621. The Hall–Kier alpha value is -2.14. The molecule has 0 spiro atoms. The van der Waals surface area contributed by atoms with E-state index in [-0.39, 0.29) is 11.3 Å². The molecule has 2 rings (SSSR count). The van der Waals surface area contributed by atoms with Crippen LogP contribution in [0.2, 0.25) is 5.02 Å². The molecule has 2 aromatic rings. The molecule has 0 saturated carbocycles. The molecule has 0 aliphatic carbocycles. The molecule has 92 valence electrons. The smallest absolute Gasteiger partial charge is 0.337 e. The largest absolute Gasteiger partial charge is 0.478 e. The van der Waals surface area contributed by atoms with E-state index < -0.39 is 11.8 Å². The number of hydrogen-bond acceptors (Lipinski definition) is 3. The Morgan fingerprint density at radius 3 is 2.72 bits per heavy atom. The zero-order chi connectivity index (χ0) is 13.1. The van der Waals surface area contributed by atoms with Gasteiger partial charge >= 0.3 is 5.97 Å². The minimum Gasteiger partial charge on any atom is -0.478 e. The fourth-order valence-electron chi connectivity index (χ4n) is 1.33. The van der Waals surface area contributed by atoms with Crippen LogP contribution in [0.4, 0.5) is 15.9 Å². The highest BCUT2D eigenvalue weighted by molar-refractivity contribution is 6.30. The van der Waals surface area contributed by atoms with Gasteiger partial charge in [0.1, 0.15) is 11.6 Å². The second kappa shape index (κ2) is 5.01. The van der Waals surface area contributed by atoms with E-state index in [9.17, 15) is 9.18 Å². The van der Waals surface area contributed by atoms with Crippen LogP contribution in [0.1, 0.15) is 10.4 Å². The summed E-state index contributed by atoms with van der Waals surface area (Å²) in [6.45, 7) is 0. The van der Waals surface area contributed by atoms with Crippen LogP contribution in [-0.2, 0) is 0 Å². The quantitative estimate of drug-likeness (QED) is 0.895. The summed E-state index contributed by atoms with van der Waals surface area (Å²) in [6, 6.07) is 6.91. The predicted molar refractivity (Wildman–Crippen MR) is 65.9 cm³/mol. The second-order valence-corrected chi connectivity index (χ2v) is 3.92. The summed E-state index contributed by atoms with van der Waals surface area (Å²) in [5.41, 5.74) is 0.241. The number of aromatic carboxylic acids is 1. The third kappa shape index (κ3) is 2.75. The highest BCUT2D eigenvalue weighted by Crippen LogP contribution is 2.22. The molecule has 1 aromatic heterocycles. The lowest BCUT2D eigenvalue weighted by molar-refractivity contribution is 0.0696. The number of rotatable bonds is 3. The number of aromatic nitrogens is 1. The number of carboxylic acids is 1. The van der Waals surface area contributed by atoms with E-state index in [0.29, 0.717) is 10.8 Å². The molecule has 1 heterocycles. The summed E-state index contributed by atoms with van der Waals surface area (Å²) in [6.07, 6.45) is 1.19. The van der Waals surface area contributed by atoms with E-state index in [1.54, 1.807) is 0 Å². The third-order valence-electron chi connectivity index (χ3n) is 2.20. The summed E-state index contributed by atoms with van der Waals surface area (Å²) < 4.78 is 13.4. The summed E-state index contributed by atoms with van der Waals surface area (Å²) in [7, 11) is 0. The second-order valence-electron chi connectivity index (χ2n) is 3.49. The van der Waals surface area contributed by atoms with Gasteiger partial charge in [-0.1, -0.05) is 11.6 Å². The van der Waals surface area contributed by atoms with E-state index in [0.717, 1.165) is 0 Å². The molecule has 4 nitrogen and oxygen atoms in total. The summed E-state index contributed by atoms with van der Waals surface area (Å²) in [5.74, 6) is -1.20. The number of hydrogen-bond donors (Lipinski definition) is 2. The third-order valence-corrected chi connectivity index (χ3v) is 2.44. The predicted octanol–water partition coefficient (Wildman–Crippen LogP) is 3.32. The monoisotopic (exact) mass is 266 g/mol. The van der Waals surface area contributed by atoms with Crippen LogP contribution in [0.5, 0.6) is 0 Å². The van der Waals surface area contributed by atoms with Gasteiger partial charge in [-0.3, -0.25) is 0 Å². The molecule has 0 saturated heterocycles. The Bertz CT molecular complexity index is 587. The average Bonchev–Trinajstić information content (AvgIpc) is 2.34. The Morgan fingerprint density at radius 1 is 1.33 bits per heavy atom. The Balaban J connectivity index is 2.23. The van der Waals surface area contributed by atoms with Crippen molar-refractivity contribution in [2.24, 2.45) is 0 Å². The van der Waals surface area contributed by atoms with Crippen molar-refractivity contribution in [2.75, 3.05) is 5.32 Å². The zero-order valence-corrected chi connectivity index (χ0v) is 9.78. The van der Waals surface area contributed by atoms with Crippen LogP contribution in [0.3, 0.4) is 0 Å². The molecule has 6 heteroatoms. The first-order valence-electron chi connectivity index (χ1n) is 4.97. The molecule has 0 bridgehead atoms. The highest BCUT2D eigenvalue weighted by Gasteiger charge is 2.06. The van der Waals surface area contributed by atoms with Crippen molar-refractivity contribution in [1.29, 1.82) is 0 Å². The zero-order valence-electron chi connectivity index (χ0n) is 9.02. The molecular weight excluding hydrogens is 259 g/mol. The highest BCUT2D eigenvalue weighted by atomic mass is 35.5. The molecule has 0 fully saturated rings. The normalized spacial score (nSPS) is 10.1. The van der Waals surface area contributed by atoms with Crippen LogP contribution >= 0.6 is 11.6 Å². The SMILES string of the molecule is O=C(O)c1ccc(Nc2cc(Cl)ccc2F)nc1. The fourth-order valence-corrected chi connectivity index (χ4v) is 1.50. The van der Waals surface area contributed by atoms with Gasteiger partial charge < -0.3 is 10.4 Å². The number of benzene rings is 1. The van der Waals surface area contributed by atoms with Crippen LogP contribution in [0.25, 0.3) is 0 Å². The van der Waals surface area contributed by atoms with Crippen molar-refractivity contribution in [1.82, 2.24) is 4.98 Å². The number of halogens is 2. The van der Waals surface area contributed by atoms with Crippen LogP contribution in [0, 0.1) is 5.82 Å². The van der Waals surface area contributed by atoms with Crippen molar-refractivity contribution >= 4 is 29.1 Å². The van der Waals surface area contributed by atoms with E-state index in [4.69, 9.17) is 16.7 Å². The van der Waals surface area contributed by atoms with Gasteiger partial charge in [0.25, 0.3) is 0 Å². The first kappa shape index (κ1) is 12.3. The van der Waals surface area contributed by atoms with Crippen molar-refractivity contribution in [2.45, 2.75) is 0 Å². The minimum atomic E-state index is -1.07. The van der Waals surface area contributed by atoms with Gasteiger partial charge in [0, 0.05) is 11.2 Å². The lowest BCUT2D eigenvalue weighted by Crippen LogP contribution is -2.00. The van der Waals surface area contributed by atoms with Crippen molar-refractivity contribution in [3.8, 4) is 0 Å². The van der Waals surface area contributed by atoms with Crippen molar-refractivity contribution in [3.05, 3.63) is 52.9 Å². The van der Waals surface area contributed by atoms with E-state index in [1.165, 1.54) is 36.5 Å². The van der Waals surface area contributed by atoms with Crippen LogP contribution < -0.4 is 5.32 Å². The molecule has 0 atom stereocenters. The lowest BCUT2D eigenvalue weighted by atomic mass is 10.2. The van der Waals surface area contributed by atoms with Crippen molar-refractivity contribution in [3.63, 3.8) is 0 Å². The van der Waals surface area contributed by atoms with E-state index in [2.05, 4.69) is 10.3 Å². The molecule has 0 radical (unpaired) electrons. The number of pyridine rings is 1. The molecule has 0 amide bonds. The van der Waals surface area contributed by atoms with Gasteiger partial charge in [-0.15, -0.1) is 0 Å². The van der Waals surface area contributed by atoms with Crippen molar-refractivity contribution < 1.29 is 14.3 Å². The Labute approximate surface area is 107 Å². The summed E-state index contributed by atoms with van der Waals surface area (Å²) in [4.78, 5) is 14.5. The number of anilines is 2. The maximum absolute atomic E-state index is 13.4. The van der Waals surface area contributed by atoms with Gasteiger partial charge in [-0.25, -0.2) is 14.2 Å².